The van der Waals surface area contributed by atoms with Gasteiger partial charge in [-0.25, -0.2) is 18.3 Å². The number of aryl methyl sites for hydroxylation is 12. The third-order valence-electron chi connectivity index (χ3n) is 18.0. The van der Waals surface area contributed by atoms with Crippen molar-refractivity contribution in [3.63, 3.8) is 0 Å². The molecule has 0 amide bonds. The second kappa shape index (κ2) is 26.6. The maximum Gasteiger partial charge on any atom is 0.220 e. The minimum absolute atomic E-state index is 0.555. The Kier molecular flexibility index (Phi) is 19.2. The molecular formula is C83H94N4+4. The quantitative estimate of drug-likeness (QED) is 0.141. The zero-order valence-electron chi connectivity index (χ0n) is 56.0. The summed E-state index contributed by atoms with van der Waals surface area (Å²) in [4.78, 5) is 0. The molecule has 442 valence electrons. The highest BCUT2D eigenvalue weighted by Gasteiger charge is 2.23. The normalized spacial score (nSPS) is 11.2. The Bertz CT molecular complexity index is 4410. The third-order valence-corrected chi connectivity index (χ3v) is 18.0. The summed E-state index contributed by atoms with van der Waals surface area (Å²) in [7, 11) is 8.54. The molecule has 4 heterocycles. The Hall–Kier alpha value is -8.60. The molecule has 8 aromatic carbocycles. The van der Waals surface area contributed by atoms with Gasteiger partial charge in [-0.3, -0.25) is 0 Å². The van der Waals surface area contributed by atoms with Crippen LogP contribution in [-0.4, -0.2) is 0 Å². The average Bonchev–Trinajstić information content (AvgIpc) is 0.991. The Morgan fingerprint density at radius 2 is 0.598 bits per heavy atom. The summed E-state index contributed by atoms with van der Waals surface area (Å²) in [5, 5.41) is 10.5. The zero-order chi connectivity index (χ0) is 62.7. The number of hydrogen-bond donors (Lipinski definition) is 0. The largest absolute Gasteiger partial charge is 0.220 e. The molecule has 0 aliphatic heterocycles. The molecule has 0 fully saturated rings. The smallest absolute Gasteiger partial charge is 0.200 e. The molecule has 0 aliphatic carbocycles. The molecule has 12 aromatic rings. The second-order valence-electron chi connectivity index (χ2n) is 25.8. The zero-order valence-corrected chi connectivity index (χ0v) is 56.0. The van der Waals surface area contributed by atoms with Crippen LogP contribution in [0.4, 0.5) is 0 Å². The van der Waals surface area contributed by atoms with E-state index in [2.05, 4.69) is 340 Å². The Labute approximate surface area is 521 Å². The SMILES string of the molecule is Cc1cc(C)c(C)c(-c2c3ccc(C(C)C)cc3cc[n+]2C)c1.Cc1cc(C)c(C)c(-c2c3ccc(CC(C)C)cc3cc[n+]2C)c1.Cc1cc(C)c(C)c(-c2c3ccccc3cc[n+]2C)c1.Cc1cc(C)c(C)c(-c2c3ccccc3cc[n+]2C)c1. The number of rotatable bonds is 7. The molecule has 0 bridgehead atoms. The van der Waals surface area contributed by atoms with Gasteiger partial charge in [0.05, 0.1) is 43.8 Å². The van der Waals surface area contributed by atoms with E-state index >= 15 is 0 Å². The Morgan fingerprint density at radius 1 is 0.299 bits per heavy atom. The van der Waals surface area contributed by atoms with Crippen LogP contribution in [0.3, 0.4) is 0 Å². The predicted octanol–water partition coefficient (Wildman–Crippen LogP) is 19.3. The van der Waals surface area contributed by atoms with Crippen molar-refractivity contribution in [1.82, 2.24) is 0 Å². The minimum atomic E-state index is 0.555. The minimum Gasteiger partial charge on any atom is -0.200 e. The molecule has 0 saturated heterocycles. The van der Waals surface area contributed by atoms with Crippen LogP contribution in [-0.2, 0) is 34.6 Å². The number of nitrogens with zero attached hydrogens (tertiary/aromatic N) is 4. The van der Waals surface area contributed by atoms with Crippen molar-refractivity contribution in [1.29, 1.82) is 0 Å². The molecule has 4 nitrogen and oxygen atoms in total. The van der Waals surface area contributed by atoms with Crippen molar-refractivity contribution < 1.29 is 18.3 Å². The van der Waals surface area contributed by atoms with Crippen molar-refractivity contribution in [2.45, 2.75) is 123 Å². The molecule has 87 heavy (non-hydrogen) atoms. The predicted molar refractivity (Wildman–Crippen MR) is 372 cm³/mol. The van der Waals surface area contributed by atoms with Crippen molar-refractivity contribution in [2.24, 2.45) is 34.1 Å². The van der Waals surface area contributed by atoms with E-state index in [4.69, 9.17) is 0 Å². The van der Waals surface area contributed by atoms with Gasteiger partial charge in [-0.05, 0) is 227 Å². The van der Waals surface area contributed by atoms with Gasteiger partial charge in [0.1, 0.15) is 28.2 Å². The van der Waals surface area contributed by atoms with Crippen LogP contribution in [0.25, 0.3) is 88.1 Å². The standard InChI is InChI=1S/C23H28N.C22H26N.2C19H20N/c1-15(2)11-19-7-8-21-20(14-19)9-10-24(6)23(21)22-13-16(3)12-17(4)18(22)5;1-14(2)18-7-8-20-19(13-18)9-10-23(6)22(20)21-12-15(3)11-16(4)17(21)5;2*1-13-11-14(2)15(3)18(12-13)19-17-8-6-5-7-16(17)9-10-20(19)4/h7-10,12-15H,11H2,1-6H3;7-14H,1-6H3;2*5-12H,1-4H3/q4*+1. The number of pyridine rings is 4. The molecule has 0 aliphatic rings. The molecule has 4 aromatic heterocycles. The van der Waals surface area contributed by atoms with Gasteiger partial charge in [-0.2, -0.15) is 0 Å². The van der Waals surface area contributed by atoms with E-state index < -0.39 is 0 Å². The van der Waals surface area contributed by atoms with Crippen LogP contribution in [0.15, 0.2) is 183 Å². The van der Waals surface area contributed by atoms with E-state index in [1.807, 2.05) is 0 Å². The van der Waals surface area contributed by atoms with Crippen LogP contribution < -0.4 is 18.3 Å². The highest BCUT2D eigenvalue weighted by atomic mass is 14.9. The van der Waals surface area contributed by atoms with Gasteiger partial charge >= 0.3 is 0 Å². The average molecular weight is 1150 g/mol. The van der Waals surface area contributed by atoms with Crippen molar-refractivity contribution >= 4 is 43.1 Å². The molecule has 0 unspecified atom stereocenters. The van der Waals surface area contributed by atoms with Gasteiger partial charge < -0.3 is 0 Å². The number of fused-ring (bicyclic) bond motifs is 4. The fraction of sp³-hybridized carbons (Fsp3) is 0.277. The first kappa shape index (κ1) is 62.9. The lowest BCUT2D eigenvalue weighted by Gasteiger charge is -2.12. The molecule has 0 saturated carbocycles. The lowest BCUT2D eigenvalue weighted by Crippen LogP contribution is -2.30. The first-order valence-corrected chi connectivity index (χ1v) is 31.3. The van der Waals surface area contributed by atoms with Crippen LogP contribution in [0.5, 0.6) is 0 Å². The molecule has 0 radical (unpaired) electrons. The van der Waals surface area contributed by atoms with Gasteiger partial charge in [-0.15, -0.1) is 0 Å². The summed E-state index contributed by atoms with van der Waals surface area (Å²) in [5.74, 6) is 1.24. The summed E-state index contributed by atoms with van der Waals surface area (Å²) in [6.07, 6.45) is 9.80. The lowest BCUT2D eigenvalue weighted by molar-refractivity contribution is -0.659. The van der Waals surface area contributed by atoms with E-state index in [1.54, 1.807) is 0 Å². The van der Waals surface area contributed by atoms with E-state index in [9.17, 15) is 0 Å². The summed E-state index contributed by atoms with van der Waals surface area (Å²) in [5.41, 5.74) is 29.6. The van der Waals surface area contributed by atoms with Gasteiger partial charge in [0.2, 0.25) is 22.8 Å². The van der Waals surface area contributed by atoms with Gasteiger partial charge in [0, 0.05) is 24.3 Å². The van der Waals surface area contributed by atoms with E-state index in [0.717, 1.165) is 6.42 Å². The summed E-state index contributed by atoms with van der Waals surface area (Å²) in [6, 6.07) is 58.1. The fourth-order valence-electron chi connectivity index (χ4n) is 12.9. The molecule has 0 atom stereocenters. The molecule has 0 spiro atoms. The first-order valence-electron chi connectivity index (χ1n) is 31.3. The first-order chi connectivity index (χ1) is 41.4. The number of benzene rings is 8. The van der Waals surface area contributed by atoms with Crippen molar-refractivity contribution in [3.05, 3.63) is 260 Å². The second-order valence-corrected chi connectivity index (χ2v) is 25.8. The van der Waals surface area contributed by atoms with E-state index in [0.29, 0.717) is 11.8 Å². The third kappa shape index (κ3) is 13.7. The highest BCUT2D eigenvalue weighted by Crippen LogP contribution is 2.35. The lowest BCUT2D eigenvalue weighted by atomic mass is 9.93. The maximum absolute atomic E-state index is 2.36. The molecular weight excluding hydrogens is 1050 g/mol. The monoisotopic (exact) mass is 1150 g/mol. The molecule has 4 heteroatoms. The van der Waals surface area contributed by atoms with E-state index in [1.165, 1.54) is 166 Å². The van der Waals surface area contributed by atoms with Crippen LogP contribution in [0, 0.1) is 89.0 Å². The number of hydrogen-bond acceptors (Lipinski definition) is 0. The maximum atomic E-state index is 2.36. The van der Waals surface area contributed by atoms with Gasteiger partial charge in [-0.1, -0.05) is 135 Å². The summed E-state index contributed by atoms with van der Waals surface area (Å²) >= 11 is 0. The van der Waals surface area contributed by atoms with Gasteiger partial charge in [0.15, 0.2) is 24.8 Å². The fourth-order valence-corrected chi connectivity index (χ4v) is 12.9. The van der Waals surface area contributed by atoms with Crippen LogP contribution in [0.2, 0.25) is 0 Å². The Balaban J connectivity index is 0.000000139. The Morgan fingerprint density at radius 3 is 0.931 bits per heavy atom. The van der Waals surface area contributed by atoms with E-state index in [-0.39, 0.29) is 0 Å². The number of aromatic nitrogens is 4. The summed E-state index contributed by atoms with van der Waals surface area (Å²) in [6.45, 7) is 35.4. The summed E-state index contributed by atoms with van der Waals surface area (Å²) < 4.78 is 8.96. The van der Waals surface area contributed by atoms with Crippen molar-refractivity contribution in [3.8, 4) is 45.0 Å². The molecule has 0 N–H and O–H groups in total. The van der Waals surface area contributed by atoms with Crippen molar-refractivity contribution in [2.75, 3.05) is 0 Å². The van der Waals surface area contributed by atoms with Crippen LogP contribution in [0.1, 0.15) is 112 Å². The van der Waals surface area contributed by atoms with Gasteiger partial charge in [0.25, 0.3) is 0 Å². The molecule has 12 rings (SSSR count). The highest BCUT2D eigenvalue weighted by molar-refractivity contribution is 5.97. The van der Waals surface area contributed by atoms with Crippen LogP contribution >= 0.6 is 0 Å². The topological polar surface area (TPSA) is 15.5 Å².